The summed E-state index contributed by atoms with van der Waals surface area (Å²) in [6, 6.07) is 16.8. The van der Waals surface area contributed by atoms with Crippen LogP contribution in [0.5, 0.6) is 11.5 Å². The van der Waals surface area contributed by atoms with E-state index in [9.17, 15) is 18.0 Å². The average molecular weight is 538 g/mol. The molecule has 0 unspecified atom stereocenters. The minimum absolute atomic E-state index is 0. The van der Waals surface area contributed by atoms with Crippen molar-refractivity contribution in [2.45, 2.75) is 48.5 Å². The van der Waals surface area contributed by atoms with E-state index in [4.69, 9.17) is 20.2 Å². The van der Waals surface area contributed by atoms with E-state index in [1.54, 1.807) is 12.1 Å². The van der Waals surface area contributed by atoms with Crippen LogP contribution in [0.15, 0.2) is 65.6 Å². The normalized spacial score (nSPS) is 19.8. The highest BCUT2D eigenvalue weighted by Gasteiger charge is 2.51. The summed E-state index contributed by atoms with van der Waals surface area (Å²) in [7, 11) is -3.84. The van der Waals surface area contributed by atoms with Crippen molar-refractivity contribution in [1.29, 1.82) is 0 Å². The molecule has 3 heterocycles. The summed E-state index contributed by atoms with van der Waals surface area (Å²) >= 11 is 0. The minimum Gasteiger partial charge on any atom is -0.454 e. The number of ketones is 1. The zero-order valence-corrected chi connectivity index (χ0v) is 21.4. The summed E-state index contributed by atoms with van der Waals surface area (Å²) in [6.07, 6.45) is 2.79. The molecule has 3 aromatic rings. The second kappa shape index (κ2) is 9.21. The molecule has 6 rings (SSSR count). The number of nitrogens with two attached hydrogens (primary N) is 1. The number of pyridine rings is 1. The van der Waals surface area contributed by atoms with Crippen LogP contribution in [0.2, 0.25) is 0 Å². The van der Waals surface area contributed by atoms with E-state index in [0.717, 1.165) is 24.0 Å². The molecular weight excluding hydrogens is 506 g/mol. The zero-order chi connectivity index (χ0) is 26.5. The molecule has 0 radical (unpaired) electrons. The lowest BCUT2D eigenvalue weighted by atomic mass is 9.88. The highest BCUT2D eigenvalue weighted by Crippen LogP contribution is 2.51. The smallest absolute Gasteiger partial charge is 0.243 e. The van der Waals surface area contributed by atoms with E-state index < -0.39 is 27.4 Å². The first kappa shape index (κ1) is 24.6. The molecule has 1 saturated heterocycles. The first-order chi connectivity index (χ1) is 18.3. The van der Waals surface area contributed by atoms with Gasteiger partial charge in [0, 0.05) is 27.1 Å². The molecule has 1 amide bonds. The third-order valence-corrected chi connectivity index (χ3v) is 9.57. The maximum Gasteiger partial charge on any atom is 0.243 e. The number of hydrogen-bond acceptors (Lipinski definition) is 7. The lowest BCUT2D eigenvalue weighted by Gasteiger charge is -2.21. The van der Waals surface area contributed by atoms with Crippen LogP contribution in [0.4, 0.5) is 0 Å². The minimum atomic E-state index is -3.84. The van der Waals surface area contributed by atoms with Gasteiger partial charge >= 0.3 is 0 Å². The predicted molar refractivity (Wildman–Crippen MR) is 142 cm³/mol. The lowest BCUT2D eigenvalue weighted by molar-refractivity contribution is -0.121. The summed E-state index contributed by atoms with van der Waals surface area (Å²) in [6.45, 7) is 0.457. The zero-order valence-electron chi connectivity index (χ0n) is 20.6. The maximum atomic E-state index is 13.4. The summed E-state index contributed by atoms with van der Waals surface area (Å²) in [5.41, 5.74) is 7.85. The van der Waals surface area contributed by atoms with Crippen LogP contribution >= 0.6 is 0 Å². The number of benzene rings is 2. The number of carbonyl (C=O) groups excluding carboxylic acids is 2. The lowest BCUT2D eigenvalue weighted by Crippen LogP contribution is -2.43. The van der Waals surface area contributed by atoms with Crippen molar-refractivity contribution in [2.75, 3.05) is 13.3 Å². The van der Waals surface area contributed by atoms with Crippen molar-refractivity contribution in [2.24, 2.45) is 5.73 Å². The SMILES string of the molecule is NC(=O)[C@@H]1CCCN1S(=O)(=O)c1ccc(-c2cccc(CC(=O)C3(c4ccc5c(c4)OCO5)CC3)n2)cc1.[HH].[HH]. The van der Waals surface area contributed by atoms with Crippen LogP contribution in [0, 0.1) is 0 Å². The molecule has 3 aliphatic rings. The monoisotopic (exact) mass is 537 g/mol. The number of aromatic nitrogens is 1. The Hall–Kier alpha value is -3.76. The van der Waals surface area contributed by atoms with Gasteiger partial charge in [0.2, 0.25) is 22.7 Å². The van der Waals surface area contributed by atoms with Crippen molar-refractivity contribution in [3.8, 4) is 22.8 Å². The number of primary amides is 1. The number of carbonyl (C=O) groups is 2. The van der Waals surface area contributed by atoms with Crippen molar-refractivity contribution >= 4 is 21.7 Å². The van der Waals surface area contributed by atoms with E-state index >= 15 is 0 Å². The summed E-state index contributed by atoms with van der Waals surface area (Å²) < 4.78 is 38.3. The van der Waals surface area contributed by atoms with E-state index in [0.29, 0.717) is 35.7 Å². The number of hydrogen-bond donors (Lipinski definition) is 1. The van der Waals surface area contributed by atoms with Gasteiger partial charge in [-0.3, -0.25) is 14.6 Å². The van der Waals surface area contributed by atoms with Crippen LogP contribution in [0.1, 0.15) is 39.8 Å². The van der Waals surface area contributed by atoms with E-state index in [1.165, 1.54) is 16.4 Å². The number of rotatable bonds is 8. The third kappa shape index (κ3) is 4.23. The molecule has 2 aromatic carbocycles. The predicted octanol–water partition coefficient (Wildman–Crippen LogP) is 3.45. The van der Waals surface area contributed by atoms with Gasteiger partial charge in [-0.15, -0.1) is 0 Å². The van der Waals surface area contributed by atoms with E-state index in [2.05, 4.69) is 0 Å². The summed E-state index contributed by atoms with van der Waals surface area (Å²) in [5.74, 6) is 0.835. The van der Waals surface area contributed by atoms with Gasteiger partial charge in [0.25, 0.3) is 0 Å². The molecule has 1 aliphatic carbocycles. The second-order valence-corrected chi connectivity index (χ2v) is 11.9. The molecule has 1 aromatic heterocycles. The van der Waals surface area contributed by atoms with Gasteiger partial charge < -0.3 is 15.2 Å². The Balaban J connectivity index is 0.00000185. The van der Waals surface area contributed by atoms with Gasteiger partial charge in [-0.1, -0.05) is 24.3 Å². The average Bonchev–Trinajstić information content (AvgIpc) is 3.33. The number of ether oxygens (including phenoxy) is 2. The fraction of sp³-hybridized carbons (Fsp3) is 0.321. The molecule has 0 bridgehead atoms. The molecule has 2 aliphatic heterocycles. The van der Waals surface area contributed by atoms with E-state index in [1.807, 2.05) is 36.4 Å². The van der Waals surface area contributed by atoms with Gasteiger partial charge in [0.15, 0.2) is 11.5 Å². The van der Waals surface area contributed by atoms with Gasteiger partial charge in [-0.05, 0) is 67.6 Å². The van der Waals surface area contributed by atoms with Crippen LogP contribution in [0.3, 0.4) is 0 Å². The Kier molecular flexibility index (Phi) is 5.96. The molecule has 10 heteroatoms. The number of amides is 1. The van der Waals surface area contributed by atoms with Crippen molar-refractivity contribution < 1.29 is 30.3 Å². The topological polar surface area (TPSA) is 129 Å². The Bertz CT molecular complexity index is 1540. The van der Waals surface area contributed by atoms with Crippen molar-refractivity contribution in [1.82, 2.24) is 9.29 Å². The molecule has 9 nitrogen and oxygen atoms in total. The third-order valence-electron chi connectivity index (χ3n) is 7.65. The Morgan fingerprint density at radius 2 is 1.82 bits per heavy atom. The van der Waals surface area contributed by atoms with Crippen LogP contribution in [-0.2, 0) is 31.4 Å². The van der Waals surface area contributed by atoms with Crippen molar-refractivity contribution in [3.05, 3.63) is 71.9 Å². The Morgan fingerprint density at radius 3 is 2.55 bits per heavy atom. The second-order valence-electron chi connectivity index (χ2n) is 9.96. The standard InChI is InChI=1S/C28H27N3O6S.2H2/c29-27(33)23-5-2-14-31(23)38(34,35)21-9-6-18(7-10-21)22-4-1-3-20(30-22)16-26(32)28(12-13-28)19-8-11-24-25(15-19)37-17-36-24;;/h1,3-4,6-11,15,23H,2,5,12-14,16-17H2,(H2,29,33);2*1H/t23-;;/m0../s1. The highest BCUT2D eigenvalue weighted by molar-refractivity contribution is 7.89. The molecule has 38 heavy (non-hydrogen) atoms. The molecule has 1 atom stereocenters. The molecule has 0 spiro atoms. The van der Waals surface area contributed by atoms with Crippen LogP contribution < -0.4 is 15.2 Å². The summed E-state index contributed by atoms with van der Waals surface area (Å²) in [5, 5.41) is 0. The largest absolute Gasteiger partial charge is 0.454 e. The number of Topliss-reactive ketones (excluding diaryl/α,β-unsaturated/α-hetero) is 1. The van der Waals surface area contributed by atoms with Gasteiger partial charge in [0.05, 0.1) is 16.0 Å². The van der Waals surface area contributed by atoms with Crippen LogP contribution in [-0.4, -0.2) is 48.8 Å². The fourth-order valence-corrected chi connectivity index (χ4v) is 7.03. The maximum absolute atomic E-state index is 13.4. The van der Waals surface area contributed by atoms with Gasteiger partial charge in [-0.25, -0.2) is 8.42 Å². The van der Waals surface area contributed by atoms with Crippen molar-refractivity contribution in [3.63, 3.8) is 0 Å². The van der Waals surface area contributed by atoms with Gasteiger partial charge in [0.1, 0.15) is 11.8 Å². The first-order valence-electron chi connectivity index (χ1n) is 12.6. The number of sulfonamides is 1. The molecule has 200 valence electrons. The molecule has 2 N–H and O–H groups in total. The Morgan fingerprint density at radius 1 is 1.05 bits per heavy atom. The molecule has 1 saturated carbocycles. The highest BCUT2D eigenvalue weighted by atomic mass is 32.2. The Labute approximate surface area is 223 Å². The first-order valence-corrected chi connectivity index (χ1v) is 14.0. The summed E-state index contributed by atoms with van der Waals surface area (Å²) in [4.78, 5) is 29.9. The van der Waals surface area contributed by atoms with Gasteiger partial charge in [-0.2, -0.15) is 4.31 Å². The quantitative estimate of drug-likeness (QED) is 0.466. The molecule has 2 fully saturated rings. The van der Waals surface area contributed by atoms with Crippen LogP contribution in [0.25, 0.3) is 11.3 Å². The number of nitrogens with zero attached hydrogens (tertiary/aromatic N) is 2. The molecular formula is C28H31N3O6S. The van der Waals surface area contributed by atoms with E-state index in [-0.39, 0.29) is 33.3 Å². The fourth-order valence-electron chi connectivity index (χ4n) is 5.37. The number of fused-ring (bicyclic) bond motifs is 1.